The van der Waals surface area contributed by atoms with Gasteiger partial charge in [-0.05, 0) is 24.6 Å². The summed E-state index contributed by atoms with van der Waals surface area (Å²) in [5.74, 6) is -1.29. The van der Waals surface area contributed by atoms with Gasteiger partial charge in [0.05, 0.1) is 12.7 Å². The highest BCUT2D eigenvalue weighted by Crippen LogP contribution is 2.26. The van der Waals surface area contributed by atoms with Gasteiger partial charge in [-0.1, -0.05) is 11.6 Å². The summed E-state index contributed by atoms with van der Waals surface area (Å²) < 4.78 is 5.04. The molecule has 0 radical (unpaired) electrons. The Labute approximate surface area is 103 Å². The zero-order valence-electron chi connectivity index (χ0n) is 9.41. The Morgan fingerprint density at radius 2 is 2.12 bits per heavy atom. The molecule has 0 spiro atoms. The number of carbonyl (C=O) groups is 2. The van der Waals surface area contributed by atoms with Crippen LogP contribution in [0.25, 0.3) is 0 Å². The summed E-state index contributed by atoms with van der Waals surface area (Å²) in [4.78, 5) is 22.0. The minimum atomic E-state index is -1.12. The largest absolute Gasteiger partial charge is 0.496 e. The number of nitrogens with one attached hydrogen (secondary N) is 1. The van der Waals surface area contributed by atoms with E-state index in [1.165, 1.54) is 13.2 Å². The van der Waals surface area contributed by atoms with E-state index in [9.17, 15) is 9.59 Å². The van der Waals surface area contributed by atoms with Crippen molar-refractivity contribution in [2.24, 2.45) is 0 Å². The van der Waals surface area contributed by atoms with Crippen molar-refractivity contribution in [3.8, 4) is 5.75 Å². The Morgan fingerprint density at radius 3 is 2.65 bits per heavy atom. The molecule has 0 saturated carbocycles. The Bertz CT molecular complexity index is 459. The predicted octanol–water partition coefficient (Wildman–Crippen LogP) is 1.47. The maximum atomic E-state index is 11.7. The number of carboxylic acid groups (broad SMARTS) is 1. The number of ether oxygens (including phenoxy) is 1. The van der Waals surface area contributed by atoms with Crippen molar-refractivity contribution in [3.05, 3.63) is 28.3 Å². The minimum absolute atomic E-state index is 0.212. The maximum absolute atomic E-state index is 11.7. The van der Waals surface area contributed by atoms with Crippen molar-refractivity contribution in [1.29, 1.82) is 0 Å². The van der Waals surface area contributed by atoms with Crippen LogP contribution in [0.15, 0.2) is 12.1 Å². The molecule has 0 fully saturated rings. The summed E-state index contributed by atoms with van der Waals surface area (Å²) in [7, 11) is 1.43. The Hall–Kier alpha value is -1.75. The number of carboxylic acids is 1. The van der Waals surface area contributed by atoms with Crippen molar-refractivity contribution in [3.63, 3.8) is 0 Å². The van der Waals surface area contributed by atoms with Gasteiger partial charge in [0.2, 0.25) is 0 Å². The van der Waals surface area contributed by atoms with Gasteiger partial charge in [0.1, 0.15) is 12.3 Å². The molecule has 1 amide bonds. The van der Waals surface area contributed by atoms with Crippen LogP contribution in [0.2, 0.25) is 5.02 Å². The summed E-state index contributed by atoms with van der Waals surface area (Å²) in [5.41, 5.74) is 0.989. The van der Waals surface area contributed by atoms with Crippen molar-refractivity contribution in [1.82, 2.24) is 5.32 Å². The minimum Gasteiger partial charge on any atom is -0.496 e. The number of carbonyl (C=O) groups excluding carboxylic acids is 1. The molecule has 0 aliphatic carbocycles. The molecule has 0 atom stereocenters. The molecular formula is C11H12ClNO4. The van der Waals surface area contributed by atoms with Crippen LogP contribution < -0.4 is 10.1 Å². The summed E-state index contributed by atoms with van der Waals surface area (Å²) in [6.45, 7) is 1.33. The molecule has 0 bridgehead atoms. The van der Waals surface area contributed by atoms with Gasteiger partial charge in [-0.3, -0.25) is 9.59 Å². The van der Waals surface area contributed by atoms with Gasteiger partial charge < -0.3 is 15.2 Å². The fourth-order valence-electron chi connectivity index (χ4n) is 1.25. The van der Waals surface area contributed by atoms with Gasteiger partial charge in [-0.15, -0.1) is 0 Å². The first-order valence-corrected chi connectivity index (χ1v) is 5.17. The molecule has 0 unspecified atom stereocenters. The van der Waals surface area contributed by atoms with E-state index in [0.29, 0.717) is 10.8 Å². The molecule has 1 aromatic carbocycles. The average molecular weight is 258 g/mol. The molecule has 1 rings (SSSR count). The van der Waals surface area contributed by atoms with Gasteiger partial charge in [0.15, 0.2) is 0 Å². The summed E-state index contributed by atoms with van der Waals surface area (Å²) in [6.07, 6.45) is 0. The number of methoxy groups -OCH3 is 1. The fraction of sp³-hybridized carbons (Fsp3) is 0.273. The summed E-state index contributed by atoms with van der Waals surface area (Å²) >= 11 is 5.90. The highest BCUT2D eigenvalue weighted by molar-refractivity contribution is 6.31. The molecule has 5 nitrogen and oxygen atoms in total. The molecule has 92 valence electrons. The van der Waals surface area contributed by atoms with E-state index < -0.39 is 18.4 Å². The summed E-state index contributed by atoms with van der Waals surface area (Å²) in [6, 6.07) is 3.07. The van der Waals surface area contributed by atoms with Crippen molar-refractivity contribution in [2.75, 3.05) is 13.7 Å². The van der Waals surface area contributed by atoms with Crippen LogP contribution in [0.1, 0.15) is 15.9 Å². The number of aliphatic carboxylic acids is 1. The standard InChI is InChI=1S/C11H12ClNO4/c1-6-3-9(17-2)7(4-8(6)12)11(16)13-5-10(14)15/h3-4H,5H2,1-2H3,(H,13,16)(H,14,15). The lowest BCUT2D eigenvalue weighted by atomic mass is 10.1. The highest BCUT2D eigenvalue weighted by Gasteiger charge is 2.15. The van der Waals surface area contributed by atoms with Crippen LogP contribution in [-0.2, 0) is 4.79 Å². The van der Waals surface area contributed by atoms with E-state index >= 15 is 0 Å². The van der Waals surface area contributed by atoms with E-state index in [4.69, 9.17) is 21.4 Å². The number of hydrogen-bond acceptors (Lipinski definition) is 3. The second kappa shape index (κ2) is 5.54. The second-order valence-corrected chi connectivity index (χ2v) is 3.79. The Kier molecular flexibility index (Phi) is 4.34. The van der Waals surface area contributed by atoms with E-state index in [1.807, 2.05) is 0 Å². The molecule has 0 saturated heterocycles. The van der Waals surface area contributed by atoms with E-state index in [0.717, 1.165) is 5.56 Å². The number of rotatable bonds is 4. The number of halogens is 1. The molecule has 6 heteroatoms. The molecule has 1 aromatic rings. The van der Waals surface area contributed by atoms with Crippen LogP contribution in [0.3, 0.4) is 0 Å². The normalized spacial score (nSPS) is 9.82. The van der Waals surface area contributed by atoms with Crippen LogP contribution in [0.4, 0.5) is 0 Å². The second-order valence-electron chi connectivity index (χ2n) is 3.38. The zero-order valence-corrected chi connectivity index (χ0v) is 10.2. The monoisotopic (exact) mass is 257 g/mol. The van der Waals surface area contributed by atoms with Crippen LogP contribution in [0, 0.1) is 6.92 Å². The third-order valence-corrected chi connectivity index (χ3v) is 2.53. The molecule has 0 aromatic heterocycles. The summed E-state index contributed by atoms with van der Waals surface area (Å²) in [5, 5.41) is 11.1. The third-order valence-electron chi connectivity index (χ3n) is 2.13. The molecule has 2 N–H and O–H groups in total. The quantitative estimate of drug-likeness (QED) is 0.857. The van der Waals surface area contributed by atoms with Crippen molar-refractivity contribution in [2.45, 2.75) is 6.92 Å². The molecule has 0 aliphatic rings. The topological polar surface area (TPSA) is 75.6 Å². The highest BCUT2D eigenvalue weighted by atomic mass is 35.5. The lowest BCUT2D eigenvalue weighted by molar-refractivity contribution is -0.135. The van der Waals surface area contributed by atoms with Gasteiger partial charge in [0.25, 0.3) is 5.91 Å². The number of amides is 1. The Balaban J connectivity index is 2.99. The number of hydrogen-bond donors (Lipinski definition) is 2. The fourth-order valence-corrected chi connectivity index (χ4v) is 1.42. The van der Waals surface area contributed by atoms with Gasteiger partial charge >= 0.3 is 5.97 Å². The predicted molar refractivity (Wildman–Crippen MR) is 62.7 cm³/mol. The lowest BCUT2D eigenvalue weighted by Crippen LogP contribution is -2.29. The lowest BCUT2D eigenvalue weighted by Gasteiger charge is -2.10. The Morgan fingerprint density at radius 1 is 1.47 bits per heavy atom. The van der Waals surface area contributed by atoms with E-state index in [2.05, 4.69) is 5.32 Å². The molecule has 0 heterocycles. The van der Waals surface area contributed by atoms with Crippen LogP contribution in [-0.4, -0.2) is 30.6 Å². The molecule has 17 heavy (non-hydrogen) atoms. The van der Waals surface area contributed by atoms with Crippen molar-refractivity contribution < 1.29 is 19.4 Å². The van der Waals surface area contributed by atoms with Gasteiger partial charge in [-0.2, -0.15) is 0 Å². The molecule has 0 aliphatic heterocycles. The van der Waals surface area contributed by atoms with Gasteiger partial charge in [-0.25, -0.2) is 0 Å². The maximum Gasteiger partial charge on any atom is 0.322 e. The smallest absolute Gasteiger partial charge is 0.322 e. The van der Waals surface area contributed by atoms with E-state index in [-0.39, 0.29) is 5.56 Å². The zero-order chi connectivity index (χ0) is 13.0. The first-order valence-electron chi connectivity index (χ1n) is 4.80. The third kappa shape index (κ3) is 3.35. The van der Waals surface area contributed by atoms with Crippen molar-refractivity contribution >= 4 is 23.5 Å². The number of benzene rings is 1. The van der Waals surface area contributed by atoms with Crippen LogP contribution >= 0.6 is 11.6 Å². The average Bonchev–Trinajstić information content (AvgIpc) is 2.28. The molecular weight excluding hydrogens is 246 g/mol. The first-order chi connectivity index (χ1) is 7.95. The first kappa shape index (κ1) is 13.3. The van der Waals surface area contributed by atoms with Gasteiger partial charge in [0, 0.05) is 5.02 Å². The van der Waals surface area contributed by atoms with Crippen LogP contribution in [0.5, 0.6) is 5.75 Å². The SMILES string of the molecule is COc1cc(C)c(Cl)cc1C(=O)NCC(=O)O. The number of aryl methyl sites for hydroxylation is 1. The van der Waals surface area contributed by atoms with E-state index in [1.54, 1.807) is 13.0 Å².